The Morgan fingerprint density at radius 3 is 2.71 bits per heavy atom. The number of carbonyl (C=O) groups is 1. The molecule has 4 rings (SSSR count). The van der Waals surface area contributed by atoms with E-state index >= 15 is 0 Å². The second kappa shape index (κ2) is 7.97. The zero-order valence-corrected chi connectivity index (χ0v) is 17.1. The summed E-state index contributed by atoms with van der Waals surface area (Å²) >= 11 is 1.37. The summed E-state index contributed by atoms with van der Waals surface area (Å²) in [5.41, 5.74) is 4.09. The molecule has 0 saturated heterocycles. The third-order valence-corrected chi connectivity index (χ3v) is 6.29. The van der Waals surface area contributed by atoms with Gasteiger partial charge in [-0.15, -0.1) is 0 Å². The van der Waals surface area contributed by atoms with Crippen LogP contribution >= 0.6 is 11.3 Å². The highest BCUT2D eigenvalue weighted by atomic mass is 32.1. The fourth-order valence-electron chi connectivity index (χ4n) is 3.64. The van der Waals surface area contributed by atoms with Crippen molar-refractivity contribution in [3.63, 3.8) is 0 Å². The molecule has 1 amide bonds. The number of quaternary nitrogens is 1. The maximum absolute atomic E-state index is 13.6. The van der Waals surface area contributed by atoms with Crippen LogP contribution in [0.5, 0.6) is 0 Å². The molecule has 0 radical (unpaired) electrons. The van der Waals surface area contributed by atoms with E-state index in [0.717, 1.165) is 29.6 Å². The number of likely N-dealkylation sites (N-methyl/N-ethyl adjacent to an activating group) is 1. The first-order valence-corrected chi connectivity index (χ1v) is 10.6. The van der Waals surface area contributed by atoms with Crippen molar-refractivity contribution in [2.24, 2.45) is 0 Å². The summed E-state index contributed by atoms with van der Waals surface area (Å²) < 4.78 is 14.3. The molecule has 0 atom stereocenters. The van der Waals surface area contributed by atoms with Crippen molar-refractivity contribution in [3.8, 4) is 0 Å². The molecule has 0 aliphatic heterocycles. The second-order valence-electron chi connectivity index (χ2n) is 7.71. The first-order valence-electron chi connectivity index (χ1n) is 9.80. The molecule has 0 saturated carbocycles. The zero-order chi connectivity index (χ0) is 19.7. The summed E-state index contributed by atoms with van der Waals surface area (Å²) in [6, 6.07) is 10.7. The molecule has 0 spiro atoms. The minimum Gasteiger partial charge on any atom is -0.338 e. The summed E-state index contributed by atoms with van der Waals surface area (Å²) in [4.78, 5) is 21.0. The van der Waals surface area contributed by atoms with Crippen LogP contribution in [-0.4, -0.2) is 38.1 Å². The smallest absolute Gasteiger partial charge is 0.260 e. The molecule has 146 valence electrons. The largest absolute Gasteiger partial charge is 0.338 e. The van der Waals surface area contributed by atoms with Gasteiger partial charge in [0, 0.05) is 5.56 Å². The van der Waals surface area contributed by atoms with Crippen LogP contribution in [0.3, 0.4) is 0 Å². The maximum atomic E-state index is 13.6. The van der Waals surface area contributed by atoms with Gasteiger partial charge in [-0.2, -0.15) is 0 Å². The monoisotopic (exact) mass is 398 g/mol. The number of fused-ring (bicyclic) bond motifs is 2. The van der Waals surface area contributed by atoms with Crippen LogP contribution in [0.25, 0.3) is 10.2 Å². The van der Waals surface area contributed by atoms with Gasteiger partial charge in [-0.05, 0) is 67.1 Å². The number of carbonyl (C=O) groups excluding carboxylic acids is 1. The molecule has 0 bridgehead atoms. The average Bonchev–Trinajstić information content (AvgIpc) is 3.10. The highest BCUT2D eigenvalue weighted by Crippen LogP contribution is 2.31. The lowest BCUT2D eigenvalue weighted by Gasteiger charge is -2.22. The van der Waals surface area contributed by atoms with Crippen molar-refractivity contribution < 1.29 is 14.1 Å². The first-order chi connectivity index (χ1) is 13.5. The standard InChI is InChI=1S/C22H24FN3OS/c1-25(2)11-12-26(22-24-19-10-9-18(23)14-20(19)28-22)21(27)17-8-7-15-5-3-4-6-16(15)13-17/h7-10,13-14H,3-6,11-12H2,1-2H3/p+1. The van der Waals surface area contributed by atoms with E-state index in [1.54, 1.807) is 11.0 Å². The quantitative estimate of drug-likeness (QED) is 0.717. The second-order valence-corrected chi connectivity index (χ2v) is 8.72. The molecule has 2 aromatic carbocycles. The molecule has 1 aromatic heterocycles. The third kappa shape index (κ3) is 3.93. The van der Waals surface area contributed by atoms with Gasteiger partial charge in [0.25, 0.3) is 5.91 Å². The molecular formula is C22H25FN3OS+. The van der Waals surface area contributed by atoms with Crippen molar-refractivity contribution in [2.45, 2.75) is 25.7 Å². The lowest BCUT2D eigenvalue weighted by Crippen LogP contribution is -3.06. The van der Waals surface area contributed by atoms with Crippen molar-refractivity contribution >= 4 is 32.6 Å². The molecule has 1 N–H and O–H groups in total. The summed E-state index contributed by atoms with van der Waals surface area (Å²) in [7, 11) is 4.13. The Labute approximate surface area is 168 Å². The number of nitrogens with one attached hydrogen (secondary N) is 1. The number of anilines is 1. The van der Waals surface area contributed by atoms with Crippen molar-refractivity contribution in [1.82, 2.24) is 4.98 Å². The summed E-state index contributed by atoms with van der Waals surface area (Å²) in [6.07, 6.45) is 4.54. The van der Waals surface area contributed by atoms with Gasteiger partial charge < -0.3 is 4.90 Å². The molecular weight excluding hydrogens is 373 g/mol. The van der Waals surface area contributed by atoms with Crippen LogP contribution in [0.4, 0.5) is 9.52 Å². The van der Waals surface area contributed by atoms with Crippen LogP contribution in [0, 0.1) is 5.82 Å². The highest BCUT2D eigenvalue weighted by Gasteiger charge is 2.23. The van der Waals surface area contributed by atoms with E-state index in [1.165, 1.54) is 52.3 Å². The SMILES string of the molecule is C[NH+](C)CCN(C(=O)c1ccc2c(c1)CCCC2)c1nc2ccc(F)cc2s1. The van der Waals surface area contributed by atoms with Gasteiger partial charge in [-0.1, -0.05) is 17.4 Å². The number of nitrogens with zero attached hydrogens (tertiary/aromatic N) is 2. The Kier molecular flexibility index (Phi) is 5.42. The van der Waals surface area contributed by atoms with Gasteiger partial charge in [-0.3, -0.25) is 9.69 Å². The third-order valence-electron chi connectivity index (χ3n) is 5.25. The summed E-state index contributed by atoms with van der Waals surface area (Å²) in [5, 5.41) is 0.629. The Morgan fingerprint density at radius 2 is 1.93 bits per heavy atom. The zero-order valence-electron chi connectivity index (χ0n) is 16.3. The first kappa shape index (κ1) is 19.0. The van der Waals surface area contributed by atoms with E-state index in [9.17, 15) is 9.18 Å². The van der Waals surface area contributed by atoms with E-state index in [2.05, 4.69) is 31.2 Å². The molecule has 28 heavy (non-hydrogen) atoms. The molecule has 1 aliphatic rings. The fourth-order valence-corrected chi connectivity index (χ4v) is 4.66. The van der Waals surface area contributed by atoms with Gasteiger partial charge >= 0.3 is 0 Å². The van der Waals surface area contributed by atoms with Crippen molar-refractivity contribution in [3.05, 3.63) is 58.9 Å². The van der Waals surface area contributed by atoms with Crippen LogP contribution in [0.15, 0.2) is 36.4 Å². The summed E-state index contributed by atoms with van der Waals surface area (Å²) in [6.45, 7) is 1.38. The molecule has 0 unspecified atom stereocenters. The number of thiazole rings is 1. The van der Waals surface area contributed by atoms with Crippen molar-refractivity contribution in [1.29, 1.82) is 0 Å². The molecule has 6 heteroatoms. The number of rotatable bonds is 5. The van der Waals surface area contributed by atoms with E-state index < -0.39 is 0 Å². The highest BCUT2D eigenvalue weighted by molar-refractivity contribution is 7.22. The molecule has 1 heterocycles. The predicted molar refractivity (Wildman–Crippen MR) is 112 cm³/mol. The Hall–Kier alpha value is -2.31. The molecule has 0 fully saturated rings. The van der Waals surface area contributed by atoms with Crippen LogP contribution in [0.1, 0.15) is 34.3 Å². The normalized spacial score (nSPS) is 13.7. The predicted octanol–water partition coefficient (Wildman–Crippen LogP) is 3.11. The Morgan fingerprint density at radius 1 is 1.14 bits per heavy atom. The van der Waals surface area contributed by atoms with Gasteiger partial charge in [0.15, 0.2) is 5.13 Å². The average molecular weight is 399 g/mol. The van der Waals surface area contributed by atoms with Gasteiger partial charge in [-0.25, -0.2) is 9.37 Å². The Balaban J connectivity index is 1.69. The fraction of sp³-hybridized carbons (Fsp3) is 0.364. The van der Waals surface area contributed by atoms with Crippen molar-refractivity contribution in [2.75, 3.05) is 32.1 Å². The lowest BCUT2D eigenvalue weighted by molar-refractivity contribution is -0.856. The minimum atomic E-state index is -0.284. The molecule has 1 aliphatic carbocycles. The number of aryl methyl sites for hydroxylation is 2. The topological polar surface area (TPSA) is 37.6 Å². The van der Waals surface area contributed by atoms with Crippen LogP contribution < -0.4 is 9.80 Å². The molecule has 3 aromatic rings. The van der Waals surface area contributed by atoms with Gasteiger partial charge in [0.2, 0.25) is 0 Å². The van der Waals surface area contributed by atoms with Gasteiger partial charge in [0.1, 0.15) is 5.82 Å². The number of aromatic nitrogens is 1. The van der Waals surface area contributed by atoms with Crippen LogP contribution in [0.2, 0.25) is 0 Å². The number of hydrogen-bond donors (Lipinski definition) is 1. The Bertz CT molecular complexity index is 1010. The number of halogens is 1. The number of benzene rings is 2. The van der Waals surface area contributed by atoms with E-state index in [0.29, 0.717) is 17.2 Å². The number of hydrogen-bond acceptors (Lipinski definition) is 3. The summed E-state index contributed by atoms with van der Waals surface area (Å²) in [5.74, 6) is -0.317. The minimum absolute atomic E-state index is 0.0332. The lowest BCUT2D eigenvalue weighted by atomic mass is 9.90. The van der Waals surface area contributed by atoms with E-state index in [1.807, 2.05) is 6.07 Å². The van der Waals surface area contributed by atoms with E-state index in [4.69, 9.17) is 0 Å². The van der Waals surface area contributed by atoms with Crippen LogP contribution in [-0.2, 0) is 12.8 Å². The van der Waals surface area contributed by atoms with Gasteiger partial charge in [0.05, 0.1) is 37.4 Å². The molecule has 4 nitrogen and oxygen atoms in total. The van der Waals surface area contributed by atoms with E-state index in [-0.39, 0.29) is 11.7 Å². The maximum Gasteiger partial charge on any atom is 0.260 e. The number of amides is 1.